The van der Waals surface area contributed by atoms with Crippen LogP contribution in [-0.2, 0) is 23.1 Å². The summed E-state index contributed by atoms with van der Waals surface area (Å²) in [5, 5.41) is 7.35. The van der Waals surface area contributed by atoms with E-state index in [0.717, 1.165) is 37.8 Å². The molecule has 1 aromatic rings. The van der Waals surface area contributed by atoms with Gasteiger partial charge in [0, 0.05) is 37.9 Å². The Balaban J connectivity index is 1.53. The predicted molar refractivity (Wildman–Crippen MR) is 77.4 cm³/mol. The maximum Gasteiger partial charge on any atom is 0.247 e. The molecule has 114 valence electrons. The second kappa shape index (κ2) is 5.97. The Labute approximate surface area is 124 Å². The first-order valence-corrected chi connectivity index (χ1v) is 7.73. The van der Waals surface area contributed by atoms with Crippen LogP contribution < -0.4 is 5.32 Å². The van der Waals surface area contributed by atoms with Gasteiger partial charge in [0.2, 0.25) is 11.8 Å². The van der Waals surface area contributed by atoms with Crippen molar-refractivity contribution in [3.05, 3.63) is 18.0 Å². The number of amides is 2. The van der Waals surface area contributed by atoms with Crippen LogP contribution in [0, 0.1) is 0 Å². The molecule has 1 atom stereocenters. The lowest BCUT2D eigenvalue weighted by Crippen LogP contribution is -2.43. The van der Waals surface area contributed by atoms with Gasteiger partial charge in [-0.05, 0) is 18.9 Å². The average Bonchev–Trinajstić information content (AvgIpc) is 3.14. The first-order chi connectivity index (χ1) is 10.2. The first kappa shape index (κ1) is 14.3. The van der Waals surface area contributed by atoms with Crippen LogP contribution in [0.1, 0.15) is 37.8 Å². The molecule has 0 spiro atoms. The zero-order valence-electron chi connectivity index (χ0n) is 12.4. The van der Waals surface area contributed by atoms with Crippen molar-refractivity contribution in [2.24, 2.45) is 7.05 Å². The molecule has 1 N–H and O–H groups in total. The van der Waals surface area contributed by atoms with E-state index < -0.39 is 0 Å². The molecule has 1 aliphatic carbocycles. The molecule has 2 heterocycles. The Morgan fingerprint density at radius 1 is 1.33 bits per heavy atom. The highest BCUT2D eigenvalue weighted by molar-refractivity contribution is 6.05. The average molecular weight is 290 g/mol. The van der Waals surface area contributed by atoms with E-state index in [9.17, 15) is 9.59 Å². The number of aryl methyl sites for hydroxylation is 1. The summed E-state index contributed by atoms with van der Waals surface area (Å²) < 4.78 is 1.83. The molecule has 3 rings (SSSR count). The number of hydrogen-bond acceptors (Lipinski definition) is 4. The van der Waals surface area contributed by atoms with Gasteiger partial charge < -0.3 is 5.32 Å². The molecule has 2 amide bonds. The van der Waals surface area contributed by atoms with Crippen molar-refractivity contribution in [2.75, 3.05) is 6.54 Å². The summed E-state index contributed by atoms with van der Waals surface area (Å²) in [6.45, 7) is 0.682. The number of carbonyl (C=O) groups is 2. The molecule has 1 aliphatic heterocycles. The standard InChI is InChI=1S/C15H22N4O2/c1-18-11(7-9-17-18)6-8-16-13-10-14(20)19(15(13)21)12-4-2-3-5-12/h7,9,12-13,16H,2-6,8,10H2,1H3. The number of rotatable bonds is 5. The lowest BCUT2D eigenvalue weighted by molar-refractivity contribution is -0.141. The van der Waals surface area contributed by atoms with Crippen LogP contribution in [0.4, 0.5) is 0 Å². The van der Waals surface area contributed by atoms with Crippen LogP contribution in [-0.4, -0.2) is 45.1 Å². The Morgan fingerprint density at radius 3 is 2.76 bits per heavy atom. The van der Waals surface area contributed by atoms with Crippen molar-refractivity contribution in [2.45, 2.75) is 50.6 Å². The van der Waals surface area contributed by atoms with Crippen molar-refractivity contribution in [1.29, 1.82) is 0 Å². The molecule has 21 heavy (non-hydrogen) atoms. The second-order valence-corrected chi connectivity index (χ2v) is 5.95. The molecule has 6 nitrogen and oxygen atoms in total. The zero-order valence-corrected chi connectivity index (χ0v) is 12.4. The topological polar surface area (TPSA) is 67.2 Å². The lowest BCUT2D eigenvalue weighted by atomic mass is 10.2. The van der Waals surface area contributed by atoms with Gasteiger partial charge in [-0.3, -0.25) is 19.2 Å². The van der Waals surface area contributed by atoms with Crippen LogP contribution >= 0.6 is 0 Å². The van der Waals surface area contributed by atoms with E-state index in [1.54, 1.807) is 6.20 Å². The third-order valence-corrected chi connectivity index (χ3v) is 4.57. The fourth-order valence-electron chi connectivity index (χ4n) is 3.38. The molecule has 1 unspecified atom stereocenters. The summed E-state index contributed by atoms with van der Waals surface area (Å²) in [4.78, 5) is 26.0. The van der Waals surface area contributed by atoms with E-state index in [2.05, 4.69) is 10.4 Å². The highest BCUT2D eigenvalue weighted by atomic mass is 16.2. The molecule has 2 fully saturated rings. The maximum atomic E-state index is 12.4. The van der Waals surface area contributed by atoms with Crippen molar-refractivity contribution < 1.29 is 9.59 Å². The molecule has 0 bridgehead atoms. The van der Waals surface area contributed by atoms with Crippen LogP contribution in [0.2, 0.25) is 0 Å². The number of nitrogens with one attached hydrogen (secondary N) is 1. The molecular weight excluding hydrogens is 268 g/mol. The van der Waals surface area contributed by atoms with Crippen molar-refractivity contribution in [3.8, 4) is 0 Å². The Hall–Kier alpha value is -1.69. The van der Waals surface area contributed by atoms with Gasteiger partial charge >= 0.3 is 0 Å². The van der Waals surface area contributed by atoms with Gasteiger partial charge in [-0.1, -0.05) is 12.8 Å². The van der Waals surface area contributed by atoms with Gasteiger partial charge in [-0.2, -0.15) is 5.10 Å². The Kier molecular flexibility index (Phi) is 4.05. The summed E-state index contributed by atoms with van der Waals surface area (Å²) >= 11 is 0. The van der Waals surface area contributed by atoms with E-state index in [1.807, 2.05) is 17.8 Å². The summed E-state index contributed by atoms with van der Waals surface area (Å²) in [6, 6.07) is 1.77. The maximum absolute atomic E-state index is 12.4. The third-order valence-electron chi connectivity index (χ3n) is 4.57. The van der Waals surface area contributed by atoms with Gasteiger partial charge in [0.05, 0.1) is 12.5 Å². The molecule has 1 aromatic heterocycles. The number of aromatic nitrogens is 2. The van der Waals surface area contributed by atoms with E-state index >= 15 is 0 Å². The van der Waals surface area contributed by atoms with E-state index in [1.165, 1.54) is 4.90 Å². The molecule has 1 saturated carbocycles. The van der Waals surface area contributed by atoms with Crippen molar-refractivity contribution in [3.63, 3.8) is 0 Å². The fourth-order valence-corrected chi connectivity index (χ4v) is 3.38. The van der Waals surface area contributed by atoms with Crippen LogP contribution in [0.5, 0.6) is 0 Å². The van der Waals surface area contributed by atoms with Gasteiger partial charge in [-0.25, -0.2) is 0 Å². The summed E-state index contributed by atoms with van der Waals surface area (Å²) in [7, 11) is 1.90. The predicted octanol–water partition coefficient (Wildman–Crippen LogP) is 0.622. The van der Waals surface area contributed by atoms with Crippen molar-refractivity contribution in [1.82, 2.24) is 20.0 Å². The Morgan fingerprint density at radius 2 is 2.10 bits per heavy atom. The minimum absolute atomic E-state index is 0.00932. The normalized spacial score (nSPS) is 23.5. The molecule has 0 aromatic carbocycles. The molecule has 2 aliphatic rings. The second-order valence-electron chi connectivity index (χ2n) is 5.95. The zero-order chi connectivity index (χ0) is 14.8. The quantitative estimate of drug-likeness (QED) is 0.807. The number of hydrogen-bond donors (Lipinski definition) is 1. The minimum atomic E-state index is -0.341. The van der Waals surface area contributed by atoms with Gasteiger partial charge in [-0.15, -0.1) is 0 Å². The third kappa shape index (κ3) is 2.85. The molecule has 1 saturated heterocycles. The van der Waals surface area contributed by atoms with Gasteiger partial charge in [0.1, 0.15) is 0 Å². The Bertz CT molecular complexity index is 534. The van der Waals surface area contributed by atoms with Crippen LogP contribution in [0.25, 0.3) is 0 Å². The van der Waals surface area contributed by atoms with E-state index in [4.69, 9.17) is 0 Å². The monoisotopic (exact) mass is 290 g/mol. The molecule has 6 heteroatoms. The highest BCUT2D eigenvalue weighted by Gasteiger charge is 2.42. The molecule has 0 radical (unpaired) electrons. The summed E-state index contributed by atoms with van der Waals surface area (Å²) in [5.74, 6) is -0.0400. The summed E-state index contributed by atoms with van der Waals surface area (Å²) in [5.41, 5.74) is 1.12. The number of carbonyl (C=O) groups excluding carboxylic acids is 2. The first-order valence-electron chi connectivity index (χ1n) is 7.73. The minimum Gasteiger partial charge on any atom is -0.305 e. The fraction of sp³-hybridized carbons (Fsp3) is 0.667. The van der Waals surface area contributed by atoms with Crippen LogP contribution in [0.15, 0.2) is 12.3 Å². The number of imide groups is 1. The molecular formula is C15H22N4O2. The lowest BCUT2D eigenvalue weighted by Gasteiger charge is -2.22. The number of likely N-dealkylation sites (tertiary alicyclic amines) is 1. The van der Waals surface area contributed by atoms with E-state index in [-0.39, 0.29) is 23.9 Å². The smallest absolute Gasteiger partial charge is 0.247 e. The SMILES string of the molecule is Cn1nccc1CCNC1CC(=O)N(C2CCCC2)C1=O. The van der Waals surface area contributed by atoms with Gasteiger partial charge in [0.15, 0.2) is 0 Å². The van der Waals surface area contributed by atoms with E-state index in [0.29, 0.717) is 13.0 Å². The van der Waals surface area contributed by atoms with Crippen molar-refractivity contribution >= 4 is 11.8 Å². The largest absolute Gasteiger partial charge is 0.305 e. The summed E-state index contributed by atoms with van der Waals surface area (Å²) in [6.07, 6.45) is 7.07. The number of nitrogens with zero attached hydrogens (tertiary/aromatic N) is 3. The van der Waals surface area contributed by atoms with Gasteiger partial charge in [0.25, 0.3) is 0 Å². The van der Waals surface area contributed by atoms with Crippen LogP contribution in [0.3, 0.4) is 0 Å². The highest BCUT2D eigenvalue weighted by Crippen LogP contribution is 2.28.